The van der Waals surface area contributed by atoms with Crippen LogP contribution in [-0.2, 0) is 6.42 Å². The third-order valence-electron chi connectivity index (χ3n) is 6.10. The minimum atomic E-state index is -0.298. The Bertz CT molecular complexity index is 1280. The molecule has 3 heterocycles. The van der Waals surface area contributed by atoms with Crippen molar-refractivity contribution in [3.05, 3.63) is 57.5 Å². The van der Waals surface area contributed by atoms with E-state index in [0.717, 1.165) is 44.1 Å². The molecule has 0 spiro atoms. The van der Waals surface area contributed by atoms with Gasteiger partial charge in [0.05, 0.1) is 0 Å². The van der Waals surface area contributed by atoms with Crippen LogP contribution in [0.4, 0.5) is 11.6 Å². The molecule has 31 heavy (non-hydrogen) atoms. The van der Waals surface area contributed by atoms with Crippen LogP contribution >= 0.6 is 0 Å². The molecule has 5 rings (SSSR count). The van der Waals surface area contributed by atoms with Crippen LogP contribution < -0.4 is 16.2 Å². The number of pyridine rings is 1. The third kappa shape index (κ3) is 3.52. The highest BCUT2D eigenvalue weighted by Gasteiger charge is 2.23. The number of nitriles is 1. The normalized spacial score (nSPS) is 16.4. The van der Waals surface area contributed by atoms with Gasteiger partial charge in [-0.05, 0) is 49.4 Å². The molecule has 2 aromatic heterocycles. The zero-order chi connectivity index (χ0) is 21.4. The van der Waals surface area contributed by atoms with Crippen LogP contribution in [0.3, 0.4) is 0 Å². The SMILES string of the molecule is N#Cc1cc2cnc(Nc3ccc4c(c3)C(=O)NCCC4)nc2n(C2CCCC2)c1=O. The van der Waals surface area contributed by atoms with Gasteiger partial charge in [0.1, 0.15) is 17.3 Å². The largest absolute Gasteiger partial charge is 0.352 e. The average Bonchev–Trinajstić information content (AvgIpc) is 3.24. The fourth-order valence-corrected chi connectivity index (χ4v) is 4.55. The number of amides is 1. The minimum Gasteiger partial charge on any atom is -0.352 e. The first kappa shape index (κ1) is 19.2. The Morgan fingerprint density at radius 1 is 1.16 bits per heavy atom. The minimum absolute atomic E-state index is 0.0437. The molecule has 1 saturated carbocycles. The molecule has 0 bridgehead atoms. The number of hydrogen-bond acceptors (Lipinski definition) is 6. The van der Waals surface area contributed by atoms with Crippen molar-refractivity contribution >= 4 is 28.6 Å². The van der Waals surface area contributed by atoms with E-state index < -0.39 is 0 Å². The Morgan fingerprint density at radius 3 is 2.81 bits per heavy atom. The van der Waals surface area contributed by atoms with Crippen LogP contribution in [0, 0.1) is 11.3 Å². The first-order valence-corrected chi connectivity index (χ1v) is 10.6. The summed E-state index contributed by atoms with van der Waals surface area (Å²) in [5.41, 5.74) is 2.73. The molecule has 3 aromatic rings. The second kappa shape index (κ2) is 7.84. The summed E-state index contributed by atoms with van der Waals surface area (Å²) in [6, 6.07) is 9.28. The topological polar surface area (TPSA) is 113 Å². The average molecular weight is 414 g/mol. The second-order valence-electron chi connectivity index (χ2n) is 8.11. The Labute approximate surface area is 178 Å². The summed E-state index contributed by atoms with van der Waals surface area (Å²) in [4.78, 5) is 34.3. The van der Waals surface area contributed by atoms with Crippen molar-refractivity contribution < 1.29 is 4.79 Å². The summed E-state index contributed by atoms with van der Waals surface area (Å²) in [5.74, 6) is 0.270. The van der Waals surface area contributed by atoms with Crippen molar-refractivity contribution in [3.63, 3.8) is 0 Å². The fourth-order valence-electron chi connectivity index (χ4n) is 4.55. The number of benzene rings is 1. The fraction of sp³-hybridized carbons (Fsp3) is 0.348. The van der Waals surface area contributed by atoms with E-state index in [1.165, 1.54) is 0 Å². The van der Waals surface area contributed by atoms with Gasteiger partial charge in [-0.1, -0.05) is 18.9 Å². The first-order chi connectivity index (χ1) is 15.1. The number of hydrogen-bond donors (Lipinski definition) is 2. The summed E-state index contributed by atoms with van der Waals surface area (Å²) >= 11 is 0. The number of carbonyl (C=O) groups excluding carboxylic acids is 1. The number of nitrogens with zero attached hydrogens (tertiary/aromatic N) is 4. The molecule has 0 saturated heterocycles. The Kier molecular flexibility index (Phi) is 4.86. The lowest BCUT2D eigenvalue weighted by Crippen LogP contribution is -2.26. The van der Waals surface area contributed by atoms with Crippen molar-refractivity contribution in [2.24, 2.45) is 0 Å². The highest BCUT2D eigenvalue weighted by Crippen LogP contribution is 2.31. The number of aromatic nitrogens is 3. The van der Waals surface area contributed by atoms with Gasteiger partial charge in [-0.3, -0.25) is 14.2 Å². The van der Waals surface area contributed by atoms with Gasteiger partial charge in [-0.15, -0.1) is 0 Å². The van der Waals surface area contributed by atoms with E-state index in [2.05, 4.69) is 20.6 Å². The molecule has 0 radical (unpaired) electrons. The maximum atomic E-state index is 12.9. The van der Waals surface area contributed by atoms with Crippen LogP contribution in [0.2, 0.25) is 0 Å². The standard InChI is InChI=1S/C23H22N6O2/c24-12-15-10-16-13-26-23(28-20(16)29(22(15)31)18-5-1-2-6-18)27-17-8-7-14-4-3-9-25-21(30)19(14)11-17/h7-8,10-11,13,18H,1-6,9H2,(H,25,30)(H,26,27,28). The van der Waals surface area contributed by atoms with E-state index in [9.17, 15) is 14.9 Å². The maximum Gasteiger partial charge on any atom is 0.270 e. The molecular formula is C23H22N6O2. The molecule has 1 aromatic carbocycles. The number of aryl methyl sites for hydroxylation is 1. The van der Waals surface area contributed by atoms with E-state index >= 15 is 0 Å². The zero-order valence-corrected chi connectivity index (χ0v) is 17.0. The number of rotatable bonds is 3. The van der Waals surface area contributed by atoms with Gasteiger partial charge >= 0.3 is 0 Å². The molecule has 1 aliphatic carbocycles. The van der Waals surface area contributed by atoms with Gasteiger partial charge in [0.15, 0.2) is 0 Å². The summed E-state index contributed by atoms with van der Waals surface area (Å²) in [6.07, 6.45) is 7.32. The Balaban J connectivity index is 1.56. The molecule has 2 N–H and O–H groups in total. The molecule has 0 unspecified atom stereocenters. The molecule has 1 aliphatic heterocycles. The highest BCUT2D eigenvalue weighted by molar-refractivity contribution is 5.97. The summed E-state index contributed by atoms with van der Waals surface area (Å²) in [5, 5.41) is 16.1. The number of carbonyl (C=O) groups is 1. The van der Waals surface area contributed by atoms with Crippen molar-refractivity contribution in [1.82, 2.24) is 19.9 Å². The van der Waals surface area contributed by atoms with Gasteiger partial charge in [0, 0.05) is 35.4 Å². The molecule has 2 aliphatic rings. The summed E-state index contributed by atoms with van der Waals surface area (Å²) in [7, 11) is 0. The quantitative estimate of drug-likeness (QED) is 0.681. The number of fused-ring (bicyclic) bond motifs is 2. The van der Waals surface area contributed by atoms with Crippen molar-refractivity contribution in [2.45, 2.75) is 44.6 Å². The van der Waals surface area contributed by atoms with Crippen molar-refractivity contribution in [2.75, 3.05) is 11.9 Å². The lowest BCUT2D eigenvalue weighted by atomic mass is 10.0. The van der Waals surface area contributed by atoms with Gasteiger partial charge < -0.3 is 10.6 Å². The second-order valence-corrected chi connectivity index (χ2v) is 8.11. The third-order valence-corrected chi connectivity index (χ3v) is 6.10. The summed E-state index contributed by atoms with van der Waals surface area (Å²) < 4.78 is 1.66. The number of nitrogens with one attached hydrogen (secondary N) is 2. The van der Waals surface area contributed by atoms with Crippen LogP contribution in [0.1, 0.15) is 59.6 Å². The molecule has 8 nitrogen and oxygen atoms in total. The predicted molar refractivity (Wildman–Crippen MR) is 116 cm³/mol. The Morgan fingerprint density at radius 2 is 2.00 bits per heavy atom. The maximum absolute atomic E-state index is 12.9. The molecular weight excluding hydrogens is 392 g/mol. The van der Waals surface area contributed by atoms with Crippen molar-refractivity contribution in [3.8, 4) is 6.07 Å². The molecule has 156 valence electrons. The van der Waals surface area contributed by atoms with Gasteiger partial charge in [-0.25, -0.2) is 4.98 Å². The summed E-state index contributed by atoms with van der Waals surface area (Å²) in [6.45, 7) is 0.674. The van der Waals surface area contributed by atoms with Gasteiger partial charge in [0.2, 0.25) is 5.95 Å². The van der Waals surface area contributed by atoms with E-state index in [0.29, 0.717) is 34.8 Å². The van der Waals surface area contributed by atoms with Crippen LogP contribution in [0.15, 0.2) is 35.3 Å². The van der Waals surface area contributed by atoms with Crippen LogP contribution in [0.25, 0.3) is 11.0 Å². The molecule has 1 fully saturated rings. The zero-order valence-electron chi connectivity index (χ0n) is 17.0. The predicted octanol–water partition coefficient (Wildman–Crippen LogP) is 3.20. The van der Waals surface area contributed by atoms with Gasteiger partial charge in [0.25, 0.3) is 11.5 Å². The molecule has 1 amide bonds. The van der Waals surface area contributed by atoms with E-state index in [1.54, 1.807) is 16.8 Å². The van der Waals surface area contributed by atoms with Crippen LogP contribution in [0.5, 0.6) is 0 Å². The molecule has 0 atom stereocenters. The molecule has 8 heteroatoms. The van der Waals surface area contributed by atoms with E-state index in [1.807, 2.05) is 24.3 Å². The van der Waals surface area contributed by atoms with Crippen molar-refractivity contribution in [1.29, 1.82) is 5.26 Å². The van der Waals surface area contributed by atoms with E-state index in [4.69, 9.17) is 0 Å². The first-order valence-electron chi connectivity index (χ1n) is 10.6. The van der Waals surface area contributed by atoms with Gasteiger partial charge in [-0.2, -0.15) is 10.2 Å². The Hall–Kier alpha value is -3.73. The monoisotopic (exact) mass is 414 g/mol. The highest BCUT2D eigenvalue weighted by atomic mass is 16.1. The number of anilines is 2. The van der Waals surface area contributed by atoms with Crippen LogP contribution in [-0.4, -0.2) is 27.0 Å². The lowest BCUT2D eigenvalue weighted by molar-refractivity contribution is 0.0956. The van der Waals surface area contributed by atoms with E-state index in [-0.39, 0.29) is 23.1 Å². The smallest absolute Gasteiger partial charge is 0.270 e. The lowest BCUT2D eigenvalue weighted by Gasteiger charge is -2.17.